The van der Waals surface area contributed by atoms with E-state index in [0.717, 1.165) is 33.4 Å². The maximum atomic E-state index is 12.3. The summed E-state index contributed by atoms with van der Waals surface area (Å²) < 4.78 is 10.6. The van der Waals surface area contributed by atoms with Crippen molar-refractivity contribution in [1.29, 1.82) is 0 Å². The third-order valence-electron chi connectivity index (χ3n) is 4.32. The van der Waals surface area contributed by atoms with Crippen molar-refractivity contribution in [2.24, 2.45) is 5.10 Å². The Kier molecular flexibility index (Phi) is 5.94. The summed E-state index contributed by atoms with van der Waals surface area (Å²) in [6.45, 7) is 4.14. The summed E-state index contributed by atoms with van der Waals surface area (Å²) in [5.41, 5.74) is 6.88. The molecule has 7 nitrogen and oxygen atoms in total. The fourth-order valence-corrected chi connectivity index (χ4v) is 3.79. The van der Waals surface area contributed by atoms with E-state index in [0.29, 0.717) is 17.1 Å². The predicted octanol–water partition coefficient (Wildman–Crippen LogP) is 3.88. The molecule has 0 radical (unpaired) electrons. The number of ether oxygens (including phenoxy) is 2. The van der Waals surface area contributed by atoms with Gasteiger partial charge in [0.15, 0.2) is 16.7 Å². The molecule has 8 heteroatoms. The number of carbonyl (C=O) groups excluding carboxylic acids is 1. The molecular formula is C22H20N4O3S. The van der Waals surface area contributed by atoms with Crippen LogP contribution in [0.15, 0.2) is 58.8 Å². The molecule has 2 heterocycles. The number of amides is 1. The van der Waals surface area contributed by atoms with E-state index in [1.165, 1.54) is 0 Å². The van der Waals surface area contributed by atoms with Crippen LogP contribution in [0.4, 0.5) is 0 Å². The van der Waals surface area contributed by atoms with E-state index in [1.807, 2.05) is 50.2 Å². The molecule has 0 aliphatic carbocycles. The first-order valence-corrected chi connectivity index (χ1v) is 10.3. The van der Waals surface area contributed by atoms with Crippen molar-refractivity contribution in [2.45, 2.75) is 24.8 Å². The third kappa shape index (κ3) is 4.96. The lowest BCUT2D eigenvalue weighted by molar-refractivity contribution is 0.0955. The molecule has 4 rings (SSSR count). The smallest absolute Gasteiger partial charge is 0.271 e. The zero-order valence-corrected chi connectivity index (χ0v) is 17.4. The minimum atomic E-state index is -0.274. The van der Waals surface area contributed by atoms with Crippen LogP contribution in [0.3, 0.4) is 0 Å². The van der Waals surface area contributed by atoms with Crippen LogP contribution in [0.2, 0.25) is 0 Å². The first-order chi connectivity index (χ1) is 14.6. The predicted molar refractivity (Wildman–Crippen MR) is 115 cm³/mol. The number of benzene rings is 2. The van der Waals surface area contributed by atoms with Crippen LogP contribution in [0.25, 0.3) is 0 Å². The fourth-order valence-electron chi connectivity index (χ4n) is 2.88. The number of hydrazone groups is 1. The van der Waals surface area contributed by atoms with Crippen LogP contribution in [0.1, 0.15) is 32.9 Å². The highest BCUT2D eigenvalue weighted by Crippen LogP contribution is 2.31. The molecule has 1 amide bonds. The first-order valence-electron chi connectivity index (χ1n) is 9.34. The summed E-state index contributed by atoms with van der Waals surface area (Å²) in [6.07, 6.45) is 1.56. The van der Waals surface area contributed by atoms with Gasteiger partial charge >= 0.3 is 0 Å². The largest absolute Gasteiger partial charge is 0.454 e. The molecule has 0 atom stereocenters. The summed E-state index contributed by atoms with van der Waals surface area (Å²) >= 11 is 1.57. The summed E-state index contributed by atoms with van der Waals surface area (Å²) in [4.78, 5) is 21.2. The van der Waals surface area contributed by atoms with Crippen LogP contribution in [0, 0.1) is 13.8 Å². The highest BCUT2D eigenvalue weighted by atomic mass is 32.2. The van der Waals surface area contributed by atoms with Gasteiger partial charge in [0.1, 0.15) is 0 Å². The molecule has 1 aromatic heterocycles. The Bertz CT molecular complexity index is 1080. The van der Waals surface area contributed by atoms with Gasteiger partial charge in [0, 0.05) is 22.7 Å². The highest BCUT2D eigenvalue weighted by molar-refractivity contribution is 7.98. The number of rotatable bonds is 6. The van der Waals surface area contributed by atoms with Gasteiger partial charge in [0.25, 0.3) is 5.91 Å². The van der Waals surface area contributed by atoms with Gasteiger partial charge in [-0.2, -0.15) is 5.10 Å². The van der Waals surface area contributed by atoms with E-state index < -0.39 is 0 Å². The van der Waals surface area contributed by atoms with Crippen molar-refractivity contribution in [3.8, 4) is 11.5 Å². The first kappa shape index (κ1) is 19.9. The number of aromatic nitrogens is 2. The average Bonchev–Trinajstić information content (AvgIpc) is 3.20. The second kappa shape index (κ2) is 8.96. The molecule has 3 aromatic rings. The van der Waals surface area contributed by atoms with E-state index in [1.54, 1.807) is 30.1 Å². The van der Waals surface area contributed by atoms with E-state index in [-0.39, 0.29) is 12.7 Å². The fraction of sp³-hybridized carbons (Fsp3) is 0.182. The Morgan fingerprint density at radius 2 is 1.80 bits per heavy atom. The molecule has 2 aromatic carbocycles. The van der Waals surface area contributed by atoms with E-state index in [2.05, 4.69) is 20.5 Å². The number of carbonyl (C=O) groups is 1. The van der Waals surface area contributed by atoms with E-state index in [9.17, 15) is 4.79 Å². The van der Waals surface area contributed by atoms with Crippen molar-refractivity contribution in [1.82, 2.24) is 15.4 Å². The molecular weight excluding hydrogens is 400 g/mol. The Balaban J connectivity index is 1.31. The topological polar surface area (TPSA) is 85.7 Å². The van der Waals surface area contributed by atoms with Crippen LogP contribution in [-0.4, -0.2) is 28.9 Å². The van der Waals surface area contributed by atoms with Gasteiger partial charge < -0.3 is 9.47 Å². The Morgan fingerprint density at radius 1 is 1.07 bits per heavy atom. The number of thioether (sulfide) groups is 1. The minimum absolute atomic E-state index is 0.221. The molecule has 0 fully saturated rings. The second-order valence-corrected chi connectivity index (χ2v) is 7.67. The van der Waals surface area contributed by atoms with Crippen molar-refractivity contribution in [3.05, 3.63) is 76.6 Å². The monoisotopic (exact) mass is 420 g/mol. The van der Waals surface area contributed by atoms with E-state index >= 15 is 0 Å². The molecule has 0 bridgehead atoms. The average molecular weight is 420 g/mol. The molecule has 0 spiro atoms. The molecule has 1 aliphatic heterocycles. The molecule has 0 saturated heterocycles. The molecule has 0 saturated carbocycles. The lowest BCUT2D eigenvalue weighted by Crippen LogP contribution is -2.17. The Hall–Kier alpha value is -3.39. The molecule has 30 heavy (non-hydrogen) atoms. The molecule has 1 aliphatic rings. The summed E-state index contributed by atoms with van der Waals surface area (Å²) in [6, 6.07) is 14.8. The number of hydrogen-bond acceptors (Lipinski definition) is 7. The van der Waals surface area contributed by atoms with Crippen molar-refractivity contribution < 1.29 is 14.3 Å². The van der Waals surface area contributed by atoms with Crippen molar-refractivity contribution in [3.63, 3.8) is 0 Å². The Morgan fingerprint density at radius 3 is 2.57 bits per heavy atom. The second-order valence-electron chi connectivity index (χ2n) is 6.73. The summed E-state index contributed by atoms with van der Waals surface area (Å²) in [5.74, 6) is 1.83. The quantitative estimate of drug-likeness (QED) is 0.282. The van der Waals surface area contributed by atoms with Gasteiger partial charge in [-0.25, -0.2) is 15.4 Å². The van der Waals surface area contributed by atoms with Gasteiger partial charge in [-0.15, -0.1) is 0 Å². The van der Waals surface area contributed by atoms with Crippen LogP contribution in [-0.2, 0) is 5.75 Å². The normalized spacial score (nSPS) is 12.3. The van der Waals surface area contributed by atoms with Crippen molar-refractivity contribution in [2.75, 3.05) is 6.79 Å². The van der Waals surface area contributed by atoms with Gasteiger partial charge in [-0.1, -0.05) is 23.9 Å². The van der Waals surface area contributed by atoms with E-state index in [4.69, 9.17) is 9.47 Å². The number of hydrogen-bond donors (Lipinski definition) is 1. The van der Waals surface area contributed by atoms with Gasteiger partial charge in [0.05, 0.1) is 6.21 Å². The summed E-state index contributed by atoms with van der Waals surface area (Å²) in [7, 11) is 0. The van der Waals surface area contributed by atoms with Crippen LogP contribution in [0.5, 0.6) is 11.5 Å². The highest BCUT2D eigenvalue weighted by Gasteiger charge is 2.12. The lowest BCUT2D eigenvalue weighted by Gasteiger charge is -2.05. The van der Waals surface area contributed by atoms with Crippen LogP contribution >= 0.6 is 11.8 Å². The summed E-state index contributed by atoms with van der Waals surface area (Å²) in [5, 5.41) is 4.77. The van der Waals surface area contributed by atoms with Crippen LogP contribution < -0.4 is 14.9 Å². The maximum Gasteiger partial charge on any atom is 0.271 e. The van der Waals surface area contributed by atoms with Gasteiger partial charge in [-0.3, -0.25) is 4.79 Å². The third-order valence-corrected chi connectivity index (χ3v) is 5.24. The number of fused-ring (bicyclic) bond motifs is 1. The SMILES string of the molecule is Cc1cc(C)nc(SCc2ccc(C(=O)NN=Cc3ccc4c(c3)OCO4)cc2)n1. The van der Waals surface area contributed by atoms with Gasteiger partial charge in [0.2, 0.25) is 6.79 Å². The molecule has 0 unspecified atom stereocenters. The minimum Gasteiger partial charge on any atom is -0.454 e. The Labute approximate surface area is 178 Å². The number of nitrogens with one attached hydrogen (secondary N) is 1. The zero-order chi connectivity index (χ0) is 20.9. The van der Waals surface area contributed by atoms with Crippen molar-refractivity contribution >= 4 is 23.9 Å². The zero-order valence-electron chi connectivity index (χ0n) is 16.6. The van der Waals surface area contributed by atoms with Gasteiger partial charge in [-0.05, 0) is 61.4 Å². The molecule has 1 N–H and O–H groups in total. The molecule has 152 valence electrons. The number of aryl methyl sites for hydroxylation is 2. The standard InChI is InChI=1S/C22H20N4O3S/c1-14-9-15(2)25-22(24-14)30-12-16-3-6-18(7-4-16)21(27)26-23-11-17-5-8-19-20(10-17)29-13-28-19/h3-11H,12-13H2,1-2H3,(H,26,27). The maximum absolute atomic E-state index is 12.3. The number of nitrogens with zero attached hydrogens (tertiary/aromatic N) is 3. The lowest BCUT2D eigenvalue weighted by atomic mass is 10.1.